The largest absolute Gasteiger partial charge is 0.364 e. The van der Waals surface area contributed by atoms with Gasteiger partial charge in [0.1, 0.15) is 0 Å². The molecule has 1 aliphatic heterocycles. The van der Waals surface area contributed by atoms with Gasteiger partial charge in [0.05, 0.1) is 6.61 Å². The Kier molecular flexibility index (Phi) is 2.49. The molecule has 1 atom stereocenters. The lowest BCUT2D eigenvalue weighted by molar-refractivity contribution is -0.0918. The molecule has 1 aromatic carbocycles. The minimum absolute atomic E-state index is 0. The molecular weight excluding hydrogens is 164 g/mol. The van der Waals surface area contributed by atoms with E-state index in [4.69, 9.17) is 9.84 Å². The highest BCUT2D eigenvalue weighted by molar-refractivity contribution is 5.85. The van der Waals surface area contributed by atoms with Crippen LogP contribution >= 0.6 is 12.4 Å². The summed E-state index contributed by atoms with van der Waals surface area (Å²) >= 11 is 0. The van der Waals surface area contributed by atoms with Crippen molar-refractivity contribution >= 4 is 12.4 Å². The Morgan fingerprint density at radius 1 is 1.36 bits per heavy atom. The van der Waals surface area contributed by atoms with Crippen molar-refractivity contribution in [3.05, 3.63) is 35.4 Å². The van der Waals surface area contributed by atoms with Gasteiger partial charge in [-0.3, -0.25) is 0 Å². The van der Waals surface area contributed by atoms with Crippen LogP contribution in [0.3, 0.4) is 0 Å². The van der Waals surface area contributed by atoms with Gasteiger partial charge in [0.25, 0.3) is 0 Å². The molecule has 0 spiro atoms. The van der Waals surface area contributed by atoms with Crippen molar-refractivity contribution < 1.29 is 9.84 Å². The quantitative estimate of drug-likeness (QED) is 0.645. The minimum Gasteiger partial charge on any atom is -0.364 e. The van der Waals surface area contributed by atoms with Gasteiger partial charge in [-0.05, 0) is 5.56 Å². The molecular formula is C8H9ClO2. The fourth-order valence-corrected chi connectivity index (χ4v) is 1.17. The molecule has 0 bridgehead atoms. The summed E-state index contributed by atoms with van der Waals surface area (Å²) in [4.78, 5) is 0. The maximum absolute atomic E-state index is 9.16. The van der Waals surface area contributed by atoms with Gasteiger partial charge in [-0.1, -0.05) is 24.3 Å². The molecule has 0 saturated heterocycles. The van der Waals surface area contributed by atoms with Crippen LogP contribution in [0, 0.1) is 0 Å². The van der Waals surface area contributed by atoms with E-state index in [0.29, 0.717) is 6.61 Å². The Hall–Kier alpha value is -0.570. The van der Waals surface area contributed by atoms with Crippen molar-refractivity contribution in [1.82, 2.24) is 0 Å². The van der Waals surface area contributed by atoms with Gasteiger partial charge in [-0.2, -0.15) is 0 Å². The summed E-state index contributed by atoms with van der Waals surface area (Å²) in [5.74, 6) is 0. The molecule has 2 rings (SSSR count). The zero-order chi connectivity index (χ0) is 6.97. The van der Waals surface area contributed by atoms with Gasteiger partial charge in [0.15, 0.2) is 6.29 Å². The van der Waals surface area contributed by atoms with Crippen LogP contribution in [0.5, 0.6) is 0 Å². The third kappa shape index (κ3) is 1.38. The molecule has 11 heavy (non-hydrogen) atoms. The fraction of sp³-hybridized carbons (Fsp3) is 0.250. The molecule has 1 N–H and O–H groups in total. The Morgan fingerprint density at radius 3 is 2.82 bits per heavy atom. The maximum Gasteiger partial charge on any atom is 0.181 e. The smallest absolute Gasteiger partial charge is 0.181 e. The van der Waals surface area contributed by atoms with Gasteiger partial charge in [-0.15, -0.1) is 12.4 Å². The SMILES string of the molecule is Cl.OC1OCc2ccccc21. The molecule has 0 radical (unpaired) electrons. The average Bonchev–Trinajstić information content (AvgIpc) is 2.34. The summed E-state index contributed by atoms with van der Waals surface area (Å²) in [5.41, 5.74) is 2.00. The van der Waals surface area contributed by atoms with Gasteiger partial charge in [-0.25, -0.2) is 0 Å². The van der Waals surface area contributed by atoms with Gasteiger partial charge in [0.2, 0.25) is 0 Å². The number of benzene rings is 1. The number of halogens is 1. The molecule has 0 aliphatic carbocycles. The molecule has 0 aromatic heterocycles. The summed E-state index contributed by atoms with van der Waals surface area (Å²) in [6.07, 6.45) is -0.698. The van der Waals surface area contributed by atoms with E-state index < -0.39 is 6.29 Å². The molecule has 0 amide bonds. The standard InChI is InChI=1S/C8H8O2.ClH/c9-8-7-4-2-1-3-6(7)5-10-8;/h1-4,8-9H,5H2;1H. The second-order valence-electron chi connectivity index (χ2n) is 2.36. The first-order chi connectivity index (χ1) is 4.88. The average molecular weight is 173 g/mol. The Bertz CT molecular complexity index is 250. The first kappa shape index (κ1) is 8.53. The second kappa shape index (κ2) is 3.22. The lowest BCUT2D eigenvalue weighted by Gasteiger charge is -1.99. The summed E-state index contributed by atoms with van der Waals surface area (Å²) in [7, 11) is 0. The summed E-state index contributed by atoms with van der Waals surface area (Å²) in [5, 5.41) is 9.16. The molecule has 0 fully saturated rings. The van der Waals surface area contributed by atoms with Crippen molar-refractivity contribution in [3.8, 4) is 0 Å². The van der Waals surface area contributed by atoms with Crippen LogP contribution in [0.1, 0.15) is 17.4 Å². The predicted molar refractivity (Wildman–Crippen MR) is 43.4 cm³/mol. The lowest BCUT2D eigenvalue weighted by Crippen LogP contribution is -1.90. The van der Waals surface area contributed by atoms with E-state index in [1.165, 1.54) is 0 Å². The molecule has 60 valence electrons. The number of ether oxygens (including phenoxy) is 1. The molecule has 1 heterocycles. The minimum atomic E-state index is -0.698. The van der Waals surface area contributed by atoms with E-state index in [9.17, 15) is 0 Å². The lowest BCUT2D eigenvalue weighted by atomic mass is 10.1. The highest BCUT2D eigenvalue weighted by Crippen LogP contribution is 2.27. The second-order valence-corrected chi connectivity index (χ2v) is 2.36. The predicted octanol–water partition coefficient (Wildman–Crippen LogP) is 1.63. The maximum atomic E-state index is 9.16. The van der Waals surface area contributed by atoms with Crippen LogP contribution in [0.4, 0.5) is 0 Å². The fourth-order valence-electron chi connectivity index (χ4n) is 1.17. The van der Waals surface area contributed by atoms with Crippen molar-refractivity contribution in [3.63, 3.8) is 0 Å². The van der Waals surface area contributed by atoms with Gasteiger partial charge < -0.3 is 9.84 Å². The summed E-state index contributed by atoms with van der Waals surface area (Å²) in [6.45, 7) is 0.539. The van der Waals surface area contributed by atoms with Crippen molar-refractivity contribution in [2.24, 2.45) is 0 Å². The number of fused-ring (bicyclic) bond motifs is 1. The zero-order valence-electron chi connectivity index (χ0n) is 5.86. The molecule has 3 heteroatoms. The Balaban J connectivity index is 0.000000605. The van der Waals surface area contributed by atoms with Crippen molar-refractivity contribution in [2.45, 2.75) is 12.9 Å². The number of aliphatic hydroxyl groups is 1. The van der Waals surface area contributed by atoms with E-state index in [2.05, 4.69) is 0 Å². The third-order valence-electron chi connectivity index (χ3n) is 1.72. The van der Waals surface area contributed by atoms with Crippen LogP contribution < -0.4 is 0 Å². The van der Waals surface area contributed by atoms with Gasteiger partial charge >= 0.3 is 0 Å². The van der Waals surface area contributed by atoms with E-state index in [-0.39, 0.29) is 12.4 Å². The van der Waals surface area contributed by atoms with E-state index in [0.717, 1.165) is 11.1 Å². The van der Waals surface area contributed by atoms with Crippen LogP contribution in [0.2, 0.25) is 0 Å². The monoisotopic (exact) mass is 172 g/mol. The Morgan fingerprint density at radius 2 is 2.09 bits per heavy atom. The van der Waals surface area contributed by atoms with Crippen LogP contribution in [0.25, 0.3) is 0 Å². The number of hydrogen-bond donors (Lipinski definition) is 1. The van der Waals surface area contributed by atoms with Crippen LogP contribution in [-0.4, -0.2) is 5.11 Å². The number of hydrogen-bond acceptors (Lipinski definition) is 2. The first-order valence-corrected chi connectivity index (χ1v) is 3.25. The van der Waals surface area contributed by atoms with Crippen molar-refractivity contribution in [2.75, 3.05) is 0 Å². The Labute approximate surface area is 71.2 Å². The number of aliphatic hydroxyl groups excluding tert-OH is 1. The molecule has 2 nitrogen and oxygen atoms in total. The van der Waals surface area contributed by atoms with Gasteiger partial charge in [0, 0.05) is 5.56 Å². The van der Waals surface area contributed by atoms with Crippen LogP contribution in [-0.2, 0) is 11.3 Å². The topological polar surface area (TPSA) is 29.5 Å². The van der Waals surface area contributed by atoms with E-state index >= 15 is 0 Å². The van der Waals surface area contributed by atoms with E-state index in [1.54, 1.807) is 0 Å². The molecule has 1 aromatic rings. The molecule has 1 unspecified atom stereocenters. The van der Waals surface area contributed by atoms with Crippen LogP contribution in [0.15, 0.2) is 24.3 Å². The summed E-state index contributed by atoms with van der Waals surface area (Å²) < 4.78 is 4.98. The highest BCUT2D eigenvalue weighted by Gasteiger charge is 2.18. The normalized spacial score (nSPS) is 20.6. The summed E-state index contributed by atoms with van der Waals surface area (Å²) in [6, 6.07) is 7.69. The third-order valence-corrected chi connectivity index (χ3v) is 1.72. The molecule has 0 saturated carbocycles. The highest BCUT2D eigenvalue weighted by atomic mass is 35.5. The molecule has 1 aliphatic rings. The van der Waals surface area contributed by atoms with Crippen molar-refractivity contribution in [1.29, 1.82) is 0 Å². The number of rotatable bonds is 0. The first-order valence-electron chi connectivity index (χ1n) is 3.25. The zero-order valence-corrected chi connectivity index (χ0v) is 6.67. The van der Waals surface area contributed by atoms with E-state index in [1.807, 2.05) is 24.3 Å².